The number of hydrogen-bond acceptors (Lipinski definition) is 2. The molecule has 3 rings (SSSR count). The van der Waals surface area contributed by atoms with Gasteiger partial charge in [0, 0.05) is 23.6 Å². The zero-order valence-electron chi connectivity index (χ0n) is 13.2. The fraction of sp³-hybridized carbons (Fsp3) is 0.350. The quantitative estimate of drug-likeness (QED) is 0.733. The maximum absolute atomic E-state index is 12.4. The molecule has 0 aromatic heterocycles. The van der Waals surface area contributed by atoms with Gasteiger partial charge in [-0.05, 0) is 49.5 Å². The Balaban J connectivity index is 1.48. The number of carbonyl (C=O) groups is 1. The molecule has 0 amide bonds. The number of carbonyl (C=O) groups excluding carboxylic acids is 1. The van der Waals surface area contributed by atoms with Crippen LogP contribution in [0.25, 0.3) is 0 Å². The molecule has 1 heterocycles. The molecule has 1 saturated heterocycles. The monoisotopic (exact) mass is 327 g/mol. The fourth-order valence-corrected chi connectivity index (χ4v) is 3.42. The van der Waals surface area contributed by atoms with Gasteiger partial charge >= 0.3 is 0 Å². The van der Waals surface area contributed by atoms with E-state index in [-0.39, 0.29) is 5.78 Å². The maximum atomic E-state index is 12.4. The lowest BCUT2D eigenvalue weighted by molar-refractivity contribution is 0.0925. The highest BCUT2D eigenvalue weighted by molar-refractivity contribution is 6.31. The Morgan fingerprint density at radius 2 is 1.78 bits per heavy atom. The van der Waals surface area contributed by atoms with Gasteiger partial charge in [0.15, 0.2) is 5.78 Å². The minimum atomic E-state index is 0.217. The van der Waals surface area contributed by atoms with Gasteiger partial charge in [-0.2, -0.15) is 0 Å². The summed E-state index contributed by atoms with van der Waals surface area (Å²) in [6, 6.07) is 17.9. The van der Waals surface area contributed by atoms with Crippen molar-refractivity contribution < 1.29 is 4.79 Å². The van der Waals surface area contributed by atoms with E-state index in [0.717, 1.165) is 38.0 Å². The van der Waals surface area contributed by atoms with Crippen LogP contribution in [0.15, 0.2) is 54.6 Å². The van der Waals surface area contributed by atoms with Crippen molar-refractivity contribution in [3.8, 4) is 0 Å². The third-order valence-corrected chi connectivity index (χ3v) is 4.81. The number of halogens is 1. The molecule has 2 aromatic rings. The first-order valence-electron chi connectivity index (χ1n) is 8.26. The number of Topliss-reactive ketones (excluding diaryl/α,β-unsaturated/α-hetero) is 1. The molecule has 0 unspecified atom stereocenters. The molecular weight excluding hydrogens is 306 g/mol. The number of likely N-dealkylation sites (tertiary alicyclic amines) is 1. The molecule has 2 aromatic carbocycles. The van der Waals surface area contributed by atoms with Crippen molar-refractivity contribution in [2.24, 2.45) is 5.92 Å². The highest BCUT2D eigenvalue weighted by Crippen LogP contribution is 2.24. The molecule has 23 heavy (non-hydrogen) atoms. The van der Waals surface area contributed by atoms with Crippen LogP contribution in [-0.2, 0) is 6.54 Å². The first-order chi connectivity index (χ1) is 11.2. The lowest BCUT2D eigenvalue weighted by Gasteiger charge is -2.31. The minimum absolute atomic E-state index is 0.217. The van der Waals surface area contributed by atoms with Gasteiger partial charge in [0.2, 0.25) is 0 Å². The molecule has 0 spiro atoms. The van der Waals surface area contributed by atoms with E-state index in [1.54, 1.807) is 12.1 Å². The molecular formula is C20H22ClNO. The van der Waals surface area contributed by atoms with E-state index in [1.807, 2.05) is 12.1 Å². The number of piperidine rings is 1. The Morgan fingerprint density at radius 1 is 1.04 bits per heavy atom. The highest BCUT2D eigenvalue weighted by atomic mass is 35.5. The summed E-state index contributed by atoms with van der Waals surface area (Å²) in [5.41, 5.74) is 2.10. The first-order valence-corrected chi connectivity index (χ1v) is 8.63. The molecule has 0 radical (unpaired) electrons. The molecule has 1 aliphatic rings. The standard InChI is InChI=1S/C20H22ClNO/c21-19-8-4-7-18(14-19)20(23)13-16-9-11-22(12-10-16)15-17-5-2-1-3-6-17/h1-8,14,16H,9-13,15H2. The number of rotatable bonds is 5. The number of ketones is 1. The smallest absolute Gasteiger partial charge is 0.163 e. The Labute approximate surface area is 143 Å². The van der Waals surface area contributed by atoms with E-state index in [2.05, 4.69) is 35.2 Å². The molecule has 0 N–H and O–H groups in total. The van der Waals surface area contributed by atoms with Gasteiger partial charge in [0.1, 0.15) is 0 Å². The summed E-state index contributed by atoms with van der Waals surface area (Å²) in [4.78, 5) is 14.8. The largest absolute Gasteiger partial charge is 0.299 e. The second kappa shape index (κ2) is 7.76. The van der Waals surface area contributed by atoms with Crippen molar-refractivity contribution in [2.75, 3.05) is 13.1 Å². The van der Waals surface area contributed by atoms with E-state index < -0.39 is 0 Å². The summed E-state index contributed by atoms with van der Waals surface area (Å²) in [6.45, 7) is 3.15. The second-order valence-electron chi connectivity index (χ2n) is 6.34. The Morgan fingerprint density at radius 3 is 2.48 bits per heavy atom. The van der Waals surface area contributed by atoms with Crippen LogP contribution < -0.4 is 0 Å². The van der Waals surface area contributed by atoms with E-state index in [1.165, 1.54) is 5.56 Å². The lowest BCUT2D eigenvalue weighted by Crippen LogP contribution is -2.33. The predicted octanol–water partition coefficient (Wildman–Crippen LogP) is 4.83. The van der Waals surface area contributed by atoms with Crippen LogP contribution in [0.4, 0.5) is 0 Å². The normalized spacial score (nSPS) is 16.4. The Kier molecular flexibility index (Phi) is 5.47. The van der Waals surface area contributed by atoms with Crippen LogP contribution >= 0.6 is 11.6 Å². The third kappa shape index (κ3) is 4.66. The van der Waals surface area contributed by atoms with Gasteiger partial charge < -0.3 is 0 Å². The first kappa shape index (κ1) is 16.2. The summed E-state index contributed by atoms with van der Waals surface area (Å²) in [7, 11) is 0. The maximum Gasteiger partial charge on any atom is 0.163 e. The van der Waals surface area contributed by atoms with E-state index in [0.29, 0.717) is 17.4 Å². The van der Waals surface area contributed by atoms with Crippen LogP contribution in [0.2, 0.25) is 5.02 Å². The molecule has 1 fully saturated rings. The van der Waals surface area contributed by atoms with Crippen molar-refractivity contribution in [3.63, 3.8) is 0 Å². The lowest BCUT2D eigenvalue weighted by atomic mass is 9.89. The number of nitrogens with zero attached hydrogens (tertiary/aromatic N) is 1. The Hall–Kier alpha value is -1.64. The predicted molar refractivity (Wildman–Crippen MR) is 94.8 cm³/mol. The van der Waals surface area contributed by atoms with Crippen molar-refractivity contribution in [1.82, 2.24) is 4.90 Å². The summed E-state index contributed by atoms with van der Waals surface area (Å²) >= 11 is 5.97. The summed E-state index contributed by atoms with van der Waals surface area (Å²) in [5.74, 6) is 0.711. The van der Waals surface area contributed by atoms with Gasteiger partial charge in [-0.25, -0.2) is 0 Å². The van der Waals surface area contributed by atoms with E-state index in [4.69, 9.17) is 11.6 Å². The Bertz CT molecular complexity index is 648. The van der Waals surface area contributed by atoms with Crippen LogP contribution in [0, 0.1) is 5.92 Å². The molecule has 120 valence electrons. The van der Waals surface area contributed by atoms with Crippen molar-refractivity contribution in [2.45, 2.75) is 25.8 Å². The van der Waals surface area contributed by atoms with Crippen LogP contribution in [-0.4, -0.2) is 23.8 Å². The van der Waals surface area contributed by atoms with Gasteiger partial charge in [0.05, 0.1) is 0 Å². The molecule has 0 aliphatic carbocycles. The molecule has 3 heteroatoms. The molecule has 0 bridgehead atoms. The highest BCUT2D eigenvalue weighted by Gasteiger charge is 2.22. The van der Waals surface area contributed by atoms with E-state index >= 15 is 0 Å². The van der Waals surface area contributed by atoms with Gasteiger partial charge in [-0.1, -0.05) is 54.1 Å². The summed E-state index contributed by atoms with van der Waals surface area (Å²) < 4.78 is 0. The van der Waals surface area contributed by atoms with Gasteiger partial charge in [-0.3, -0.25) is 9.69 Å². The van der Waals surface area contributed by atoms with E-state index in [9.17, 15) is 4.79 Å². The average molecular weight is 328 g/mol. The minimum Gasteiger partial charge on any atom is -0.299 e. The summed E-state index contributed by atoms with van der Waals surface area (Å²) in [5, 5.41) is 0.633. The zero-order chi connectivity index (χ0) is 16.1. The topological polar surface area (TPSA) is 20.3 Å². The van der Waals surface area contributed by atoms with Crippen LogP contribution in [0.3, 0.4) is 0 Å². The average Bonchev–Trinajstić information content (AvgIpc) is 2.57. The van der Waals surface area contributed by atoms with Crippen molar-refractivity contribution >= 4 is 17.4 Å². The zero-order valence-corrected chi connectivity index (χ0v) is 14.0. The number of benzene rings is 2. The fourth-order valence-electron chi connectivity index (χ4n) is 3.23. The van der Waals surface area contributed by atoms with Gasteiger partial charge in [-0.15, -0.1) is 0 Å². The number of hydrogen-bond donors (Lipinski definition) is 0. The van der Waals surface area contributed by atoms with Gasteiger partial charge in [0.25, 0.3) is 0 Å². The second-order valence-corrected chi connectivity index (χ2v) is 6.78. The van der Waals surface area contributed by atoms with Crippen LogP contribution in [0.1, 0.15) is 35.2 Å². The SMILES string of the molecule is O=C(CC1CCN(Cc2ccccc2)CC1)c1cccc(Cl)c1. The van der Waals surface area contributed by atoms with Crippen molar-refractivity contribution in [3.05, 3.63) is 70.7 Å². The molecule has 1 aliphatic heterocycles. The summed E-state index contributed by atoms with van der Waals surface area (Å²) in [6.07, 6.45) is 2.83. The molecule has 2 nitrogen and oxygen atoms in total. The van der Waals surface area contributed by atoms with Crippen LogP contribution in [0.5, 0.6) is 0 Å². The molecule has 0 saturated carbocycles. The van der Waals surface area contributed by atoms with Crippen molar-refractivity contribution in [1.29, 1.82) is 0 Å². The third-order valence-electron chi connectivity index (χ3n) is 4.58. The molecule has 0 atom stereocenters.